The van der Waals surface area contributed by atoms with Gasteiger partial charge in [-0.1, -0.05) is 50.3 Å². The molecular formula is C50H67FN4O9S. The number of hydrogen-bond acceptors (Lipinski definition) is 11. The maximum Gasteiger partial charge on any atom is 0.306 e. The van der Waals surface area contributed by atoms with Gasteiger partial charge >= 0.3 is 5.97 Å². The van der Waals surface area contributed by atoms with Crippen molar-refractivity contribution in [3.05, 3.63) is 42.5 Å². The smallest absolute Gasteiger partial charge is 0.306 e. The molecule has 0 radical (unpaired) electrons. The van der Waals surface area contributed by atoms with E-state index in [1.54, 1.807) is 17.9 Å². The van der Waals surface area contributed by atoms with Crippen LogP contribution in [0.4, 0.5) is 4.39 Å². The van der Waals surface area contributed by atoms with Crippen molar-refractivity contribution in [1.82, 2.24) is 19.5 Å². The maximum atomic E-state index is 15.2. The molecule has 4 saturated carbocycles. The van der Waals surface area contributed by atoms with Crippen LogP contribution in [0.2, 0.25) is 0 Å². The molecule has 4 heterocycles. The second-order valence-electron chi connectivity index (χ2n) is 20.6. The van der Waals surface area contributed by atoms with Crippen LogP contribution in [0.5, 0.6) is 11.6 Å². The molecular weight excluding hydrogens is 852 g/mol. The summed E-state index contributed by atoms with van der Waals surface area (Å²) >= 11 is 0. The highest BCUT2D eigenvalue weighted by atomic mass is 32.2. The fourth-order valence-corrected chi connectivity index (χ4v) is 12.7. The lowest BCUT2D eigenvalue weighted by molar-refractivity contribution is -0.153. The average molecular weight is 919 g/mol. The van der Waals surface area contributed by atoms with Crippen molar-refractivity contribution < 1.29 is 46.2 Å². The first-order chi connectivity index (χ1) is 31.3. The summed E-state index contributed by atoms with van der Waals surface area (Å²) in [4.78, 5) is 66.7. The van der Waals surface area contributed by atoms with Gasteiger partial charge in [0.05, 0.1) is 46.2 Å². The van der Waals surface area contributed by atoms with Crippen molar-refractivity contribution in [2.45, 2.75) is 158 Å². The number of fused-ring (bicyclic) bond motifs is 5. The van der Waals surface area contributed by atoms with Crippen molar-refractivity contribution >= 4 is 44.5 Å². The van der Waals surface area contributed by atoms with Gasteiger partial charge in [0.2, 0.25) is 27.7 Å². The van der Waals surface area contributed by atoms with Crippen LogP contribution in [0.3, 0.4) is 0 Å². The number of nitrogens with one attached hydrogen (secondary N) is 1. The molecule has 9 rings (SSSR count). The first-order valence-electron chi connectivity index (χ1n) is 24.6. The number of piperidine rings is 1. The number of hydrogen-bond donors (Lipinski definition) is 1. The minimum atomic E-state index is -3.97. The lowest BCUT2D eigenvalue weighted by Crippen LogP contribution is -2.48. The molecule has 354 valence electrons. The summed E-state index contributed by atoms with van der Waals surface area (Å²) in [5, 5.41) is 0.875. The van der Waals surface area contributed by atoms with E-state index in [1.165, 1.54) is 0 Å². The Hall–Kier alpha value is -4.11. The minimum Gasteiger partial charge on any atom is -0.489 e. The molecule has 3 aliphatic heterocycles. The number of ether oxygens (including phenoxy) is 3. The Bertz CT molecular complexity index is 2260. The molecule has 2 saturated heterocycles. The Balaban J connectivity index is 1.06. The number of allylic oxidation sites excluding steroid dienone is 1. The second-order valence-corrected chi connectivity index (χ2v) is 22.8. The molecule has 7 atom stereocenters. The van der Waals surface area contributed by atoms with Crippen LogP contribution in [-0.4, -0.2) is 109 Å². The van der Waals surface area contributed by atoms with Gasteiger partial charge in [-0.2, -0.15) is 0 Å². The van der Waals surface area contributed by atoms with Crippen LogP contribution in [0, 0.1) is 29.1 Å². The monoisotopic (exact) mass is 918 g/mol. The third kappa shape index (κ3) is 9.83. The maximum absolute atomic E-state index is 15.2. The molecule has 1 aromatic carbocycles. The number of likely N-dealkylation sites (tertiary alicyclic amines) is 1. The van der Waals surface area contributed by atoms with Gasteiger partial charge in [-0.25, -0.2) is 17.8 Å². The van der Waals surface area contributed by atoms with E-state index in [0.717, 1.165) is 107 Å². The molecule has 1 aromatic heterocycles. The van der Waals surface area contributed by atoms with Crippen molar-refractivity contribution in [1.29, 1.82) is 0 Å². The molecule has 2 amide bonds. The predicted octanol–water partition coefficient (Wildman–Crippen LogP) is 7.18. The number of para-hydroxylation sites is 1. The normalized spacial score (nSPS) is 31.3. The van der Waals surface area contributed by atoms with E-state index < -0.39 is 50.1 Å². The molecule has 2 aromatic rings. The minimum absolute atomic E-state index is 0.0582. The zero-order valence-corrected chi connectivity index (χ0v) is 38.8. The topological polar surface area (TPSA) is 162 Å². The van der Waals surface area contributed by atoms with Crippen molar-refractivity contribution in [3.8, 4) is 11.6 Å². The lowest BCUT2D eigenvalue weighted by atomic mass is 9.77. The fourth-order valence-electron chi connectivity index (χ4n) is 11.3. The Morgan fingerprint density at radius 3 is 2.42 bits per heavy atom. The summed E-state index contributed by atoms with van der Waals surface area (Å²) in [5.74, 6) is -1.49. The number of pyridine rings is 1. The zero-order chi connectivity index (χ0) is 45.5. The number of Topliss-reactive ketones (excluding diaryl/α,β-unsaturated/α-hetero) is 1. The van der Waals surface area contributed by atoms with Gasteiger partial charge in [0.15, 0.2) is 5.78 Å². The summed E-state index contributed by atoms with van der Waals surface area (Å²) in [5.41, 5.74) is 0.223. The van der Waals surface area contributed by atoms with Crippen molar-refractivity contribution in [3.63, 3.8) is 0 Å². The number of rotatable bonds is 12. The number of amides is 2. The third-order valence-corrected chi connectivity index (χ3v) is 18.2. The molecule has 15 heteroatoms. The summed E-state index contributed by atoms with van der Waals surface area (Å²) in [6, 6.07) is 6.84. The average Bonchev–Trinajstić information content (AvgIpc) is 4.26. The summed E-state index contributed by atoms with van der Waals surface area (Å²) in [7, 11) is -3.97. The van der Waals surface area contributed by atoms with E-state index in [9.17, 15) is 27.2 Å². The van der Waals surface area contributed by atoms with Gasteiger partial charge in [-0.3, -0.25) is 23.9 Å². The Kier molecular flexibility index (Phi) is 13.4. The van der Waals surface area contributed by atoms with Crippen LogP contribution in [0.25, 0.3) is 10.9 Å². The standard InChI is InChI=1S/C50H67FN4O9S/c1-3-34-29-50(34,48(59)53-65(60,61)49(2)20-21-49)30-42(56)41-27-36-31-55(41)47(58)39(32-12-6-4-7-13-32)28-44(57)64-43-26-33(43)14-8-5-9-16-38-45(62-35-18-23-54(24-19-35)25-22-51)37-15-10-11-17-40(37)52-46(38)63-36/h3,10-11,15,17,32-36,39,41,43H,1,4-9,12-14,16,18-31H2,2H3,(H,53,59)/t33-,34-,36-,39+,41+,43-,50-/m1/s1. The largest absolute Gasteiger partial charge is 0.489 e. The molecule has 6 fully saturated rings. The van der Waals surface area contributed by atoms with Gasteiger partial charge in [-0.05, 0) is 107 Å². The summed E-state index contributed by atoms with van der Waals surface area (Å²) < 4.78 is 61.0. The quantitative estimate of drug-likeness (QED) is 0.170. The second kappa shape index (κ2) is 18.9. The SMILES string of the molecule is C=C[C@@H]1C[C@]1(CC(=O)[C@@H]1C[C@@H]2CN1C(=O)[C@H](C1CCCCC1)CC(=O)O[C@@H]1C[C@H]1CCCCCc1c(nc3ccccc3c1OC1CCN(CCF)CC1)O2)C(=O)NS(=O)(=O)C1(C)CC1. The molecule has 65 heavy (non-hydrogen) atoms. The number of esters is 1. The van der Waals surface area contributed by atoms with E-state index >= 15 is 4.79 Å². The van der Waals surface area contributed by atoms with E-state index in [-0.39, 0.29) is 74.7 Å². The van der Waals surface area contributed by atoms with E-state index in [2.05, 4.69) is 16.2 Å². The van der Waals surface area contributed by atoms with Gasteiger partial charge < -0.3 is 24.0 Å². The van der Waals surface area contributed by atoms with Crippen LogP contribution < -0.4 is 14.2 Å². The molecule has 4 aliphatic carbocycles. The van der Waals surface area contributed by atoms with Gasteiger partial charge in [0.1, 0.15) is 30.7 Å². The van der Waals surface area contributed by atoms with Crippen LogP contribution in [0.1, 0.15) is 128 Å². The predicted molar refractivity (Wildman–Crippen MR) is 242 cm³/mol. The Morgan fingerprint density at radius 1 is 0.985 bits per heavy atom. The number of nitrogens with zero attached hydrogens (tertiary/aromatic N) is 3. The van der Waals surface area contributed by atoms with Gasteiger partial charge in [0, 0.05) is 37.9 Å². The zero-order valence-electron chi connectivity index (χ0n) is 38.0. The molecule has 7 aliphatic rings. The third-order valence-electron chi connectivity index (χ3n) is 16.1. The van der Waals surface area contributed by atoms with Gasteiger partial charge in [-0.15, -0.1) is 6.58 Å². The lowest BCUT2D eigenvalue weighted by Gasteiger charge is -2.34. The number of aromatic nitrogens is 1. The first-order valence-corrected chi connectivity index (χ1v) is 26.0. The Morgan fingerprint density at radius 2 is 1.71 bits per heavy atom. The number of alkyl halides is 1. The van der Waals surface area contributed by atoms with Crippen LogP contribution in [-0.2, 0) is 40.4 Å². The fraction of sp³-hybridized carbons (Fsp3) is 0.700. The number of carbonyl (C=O) groups excluding carboxylic acids is 4. The summed E-state index contributed by atoms with van der Waals surface area (Å²) in [6.07, 6.45) is 12.8. The first kappa shape index (κ1) is 46.0. The molecule has 0 spiro atoms. The highest BCUT2D eigenvalue weighted by molar-refractivity contribution is 7.91. The highest BCUT2D eigenvalue weighted by Crippen LogP contribution is 2.57. The van der Waals surface area contributed by atoms with Crippen LogP contribution in [0.15, 0.2) is 36.9 Å². The van der Waals surface area contributed by atoms with Crippen LogP contribution >= 0.6 is 0 Å². The highest BCUT2D eigenvalue weighted by Gasteiger charge is 2.62. The van der Waals surface area contributed by atoms with E-state index in [1.807, 2.05) is 24.3 Å². The van der Waals surface area contributed by atoms with E-state index in [4.69, 9.17) is 19.2 Å². The number of carbonyl (C=O) groups is 4. The Labute approximate surface area is 383 Å². The number of benzene rings is 1. The molecule has 0 unspecified atom stereocenters. The van der Waals surface area contributed by atoms with Crippen molar-refractivity contribution in [2.24, 2.45) is 29.1 Å². The molecule has 13 nitrogen and oxygen atoms in total. The number of ketones is 1. The number of halogens is 1. The number of sulfonamides is 1. The van der Waals surface area contributed by atoms with Crippen molar-refractivity contribution in [2.75, 3.05) is 32.9 Å². The van der Waals surface area contributed by atoms with Gasteiger partial charge in [0.25, 0.3) is 0 Å². The summed E-state index contributed by atoms with van der Waals surface area (Å²) in [6.45, 7) is 7.08. The molecule has 2 bridgehead atoms. The molecule has 1 N–H and O–H groups in total. The van der Waals surface area contributed by atoms with E-state index in [0.29, 0.717) is 43.1 Å².